The predicted octanol–water partition coefficient (Wildman–Crippen LogP) is 3.69. The van der Waals surface area contributed by atoms with Gasteiger partial charge in [-0.1, -0.05) is 18.2 Å². The molecule has 2 heterocycles. The van der Waals surface area contributed by atoms with Crippen LogP contribution >= 0.6 is 11.3 Å². The van der Waals surface area contributed by atoms with Crippen molar-refractivity contribution in [2.24, 2.45) is 7.05 Å². The molecule has 0 amide bonds. The van der Waals surface area contributed by atoms with Crippen molar-refractivity contribution in [3.05, 3.63) is 59.1 Å². The second-order valence-electron chi connectivity index (χ2n) is 5.24. The van der Waals surface area contributed by atoms with E-state index in [2.05, 4.69) is 10.1 Å². The summed E-state index contributed by atoms with van der Waals surface area (Å²) in [5.74, 6) is -0.00520. The van der Waals surface area contributed by atoms with Crippen molar-refractivity contribution in [2.75, 3.05) is 0 Å². The van der Waals surface area contributed by atoms with E-state index in [0.717, 1.165) is 16.3 Å². The lowest BCUT2D eigenvalue weighted by Crippen LogP contribution is -2.07. The van der Waals surface area contributed by atoms with Gasteiger partial charge in [-0.2, -0.15) is 5.10 Å². The zero-order valence-electron chi connectivity index (χ0n) is 12.8. The summed E-state index contributed by atoms with van der Waals surface area (Å²) in [6.07, 6.45) is 3.64. The van der Waals surface area contributed by atoms with Gasteiger partial charge in [0, 0.05) is 40.6 Å². The Hall–Kier alpha value is -1.86. The first-order valence-corrected chi connectivity index (χ1v) is 9.36. The molecule has 120 valence electrons. The Labute approximate surface area is 140 Å². The first-order chi connectivity index (χ1) is 11.0. The van der Waals surface area contributed by atoms with Gasteiger partial charge in [0.15, 0.2) is 0 Å². The van der Waals surface area contributed by atoms with Crippen molar-refractivity contribution < 1.29 is 8.60 Å². The highest BCUT2D eigenvalue weighted by molar-refractivity contribution is 7.84. The molecule has 2 atom stereocenters. The zero-order valence-corrected chi connectivity index (χ0v) is 14.4. The van der Waals surface area contributed by atoms with Gasteiger partial charge in [0.25, 0.3) is 0 Å². The summed E-state index contributed by atoms with van der Waals surface area (Å²) < 4.78 is 28.0. The average molecular weight is 349 g/mol. The van der Waals surface area contributed by atoms with E-state index in [0.29, 0.717) is 11.3 Å². The van der Waals surface area contributed by atoms with Gasteiger partial charge in [0.2, 0.25) is 0 Å². The summed E-state index contributed by atoms with van der Waals surface area (Å²) in [7, 11) is 0.619. The van der Waals surface area contributed by atoms with E-state index in [4.69, 9.17) is 0 Å². The van der Waals surface area contributed by atoms with Crippen LogP contribution < -0.4 is 0 Å². The molecular formula is C16H16FN3OS2. The van der Waals surface area contributed by atoms with E-state index < -0.39 is 10.8 Å². The second-order valence-corrected chi connectivity index (χ2v) is 7.85. The Balaban J connectivity index is 1.73. The normalized spacial score (nSPS) is 13.9. The van der Waals surface area contributed by atoms with Crippen LogP contribution in [-0.4, -0.2) is 19.0 Å². The molecule has 0 fully saturated rings. The Bertz CT molecular complexity index is 843. The standard InChI is InChI=1S/C16H16FN3OS2/c1-11(14-5-3-4-6-15(14)17)23(21)10-13-9-22-16(19-13)12-7-18-20(2)8-12/h3-9,11H,10H2,1-2H3/t11-,23-/m0/s1. The molecule has 0 aliphatic rings. The molecule has 0 radical (unpaired) electrons. The lowest BCUT2D eigenvalue weighted by molar-refractivity contribution is 0.606. The molecule has 0 bridgehead atoms. The van der Waals surface area contributed by atoms with E-state index in [1.807, 2.05) is 18.6 Å². The molecule has 0 saturated heterocycles. The number of hydrogen-bond donors (Lipinski definition) is 0. The number of nitrogens with zero attached hydrogens (tertiary/aromatic N) is 3. The fourth-order valence-electron chi connectivity index (χ4n) is 2.25. The van der Waals surface area contributed by atoms with Crippen LogP contribution in [0.5, 0.6) is 0 Å². The summed E-state index contributed by atoms with van der Waals surface area (Å²) in [6.45, 7) is 1.78. The number of aryl methyl sites for hydroxylation is 1. The maximum atomic E-state index is 13.8. The van der Waals surface area contributed by atoms with Crippen LogP contribution in [0, 0.1) is 5.82 Å². The molecule has 0 spiro atoms. The lowest BCUT2D eigenvalue weighted by atomic mass is 10.1. The summed E-state index contributed by atoms with van der Waals surface area (Å²) >= 11 is 1.50. The molecule has 0 aliphatic heterocycles. The number of halogens is 1. The Kier molecular flexibility index (Phi) is 4.68. The molecule has 3 aromatic rings. The molecule has 0 aliphatic carbocycles. The van der Waals surface area contributed by atoms with Gasteiger partial charge in [-0.15, -0.1) is 11.3 Å². The molecule has 3 rings (SSSR count). The maximum absolute atomic E-state index is 13.8. The number of thiazole rings is 1. The molecule has 0 unspecified atom stereocenters. The summed E-state index contributed by atoms with van der Waals surface area (Å²) in [6, 6.07) is 6.47. The lowest BCUT2D eigenvalue weighted by Gasteiger charge is -2.11. The van der Waals surface area contributed by atoms with Crippen molar-refractivity contribution in [3.8, 4) is 10.6 Å². The van der Waals surface area contributed by atoms with Crippen LogP contribution in [0.4, 0.5) is 4.39 Å². The van der Waals surface area contributed by atoms with Crippen LogP contribution in [0.1, 0.15) is 23.4 Å². The minimum absolute atomic E-state index is 0.312. The fraction of sp³-hybridized carbons (Fsp3) is 0.250. The topological polar surface area (TPSA) is 47.8 Å². The molecular weight excluding hydrogens is 333 g/mol. The highest BCUT2D eigenvalue weighted by Crippen LogP contribution is 2.27. The van der Waals surface area contributed by atoms with Crippen molar-refractivity contribution in [1.29, 1.82) is 0 Å². The van der Waals surface area contributed by atoms with Gasteiger partial charge in [-0.3, -0.25) is 8.89 Å². The molecule has 1 aromatic carbocycles. The van der Waals surface area contributed by atoms with Gasteiger partial charge < -0.3 is 0 Å². The van der Waals surface area contributed by atoms with E-state index in [1.165, 1.54) is 17.4 Å². The molecule has 7 heteroatoms. The van der Waals surface area contributed by atoms with Crippen LogP contribution in [-0.2, 0) is 23.6 Å². The third-order valence-corrected chi connectivity index (χ3v) is 6.09. The average Bonchev–Trinajstić information content (AvgIpc) is 3.16. The molecule has 0 saturated carbocycles. The third kappa shape index (κ3) is 3.56. The van der Waals surface area contributed by atoms with Crippen molar-refractivity contribution in [2.45, 2.75) is 17.9 Å². The highest BCUT2D eigenvalue weighted by Gasteiger charge is 2.18. The van der Waals surface area contributed by atoms with Gasteiger partial charge in [-0.25, -0.2) is 9.37 Å². The van der Waals surface area contributed by atoms with Gasteiger partial charge in [0.1, 0.15) is 10.8 Å². The quantitative estimate of drug-likeness (QED) is 0.706. The molecule has 4 nitrogen and oxygen atoms in total. The SMILES string of the molecule is C[C@@H](c1ccccc1F)[S@@](=O)Cc1csc(-c2cnn(C)c2)n1. The van der Waals surface area contributed by atoms with E-state index >= 15 is 0 Å². The minimum Gasteiger partial charge on any atom is -0.275 e. The summed E-state index contributed by atoms with van der Waals surface area (Å²) in [5, 5.41) is 6.49. The van der Waals surface area contributed by atoms with Crippen LogP contribution in [0.2, 0.25) is 0 Å². The van der Waals surface area contributed by atoms with E-state index in [1.54, 1.807) is 36.0 Å². The Morgan fingerprint density at radius 3 is 2.87 bits per heavy atom. The van der Waals surface area contributed by atoms with Crippen LogP contribution in [0.25, 0.3) is 10.6 Å². The Morgan fingerprint density at radius 2 is 2.17 bits per heavy atom. The van der Waals surface area contributed by atoms with Crippen LogP contribution in [0.15, 0.2) is 42.0 Å². The van der Waals surface area contributed by atoms with E-state index in [-0.39, 0.29) is 11.1 Å². The summed E-state index contributed by atoms with van der Waals surface area (Å²) in [5.41, 5.74) is 2.18. The maximum Gasteiger partial charge on any atom is 0.127 e. The highest BCUT2D eigenvalue weighted by atomic mass is 32.2. The van der Waals surface area contributed by atoms with Gasteiger partial charge in [0.05, 0.1) is 22.9 Å². The monoisotopic (exact) mass is 349 g/mol. The number of aromatic nitrogens is 3. The fourth-order valence-corrected chi connectivity index (χ4v) is 4.32. The minimum atomic E-state index is -1.23. The van der Waals surface area contributed by atoms with Crippen molar-refractivity contribution in [3.63, 3.8) is 0 Å². The first-order valence-electron chi connectivity index (χ1n) is 7.09. The van der Waals surface area contributed by atoms with Gasteiger partial charge >= 0.3 is 0 Å². The van der Waals surface area contributed by atoms with Crippen molar-refractivity contribution in [1.82, 2.24) is 14.8 Å². The van der Waals surface area contributed by atoms with Gasteiger partial charge in [-0.05, 0) is 13.0 Å². The molecule has 0 N–H and O–H groups in total. The Morgan fingerprint density at radius 1 is 1.39 bits per heavy atom. The number of rotatable bonds is 5. The smallest absolute Gasteiger partial charge is 0.127 e. The largest absolute Gasteiger partial charge is 0.275 e. The molecule has 2 aromatic heterocycles. The molecule has 23 heavy (non-hydrogen) atoms. The van der Waals surface area contributed by atoms with Crippen LogP contribution in [0.3, 0.4) is 0 Å². The summed E-state index contributed by atoms with van der Waals surface area (Å²) in [4.78, 5) is 4.51. The van der Waals surface area contributed by atoms with E-state index in [9.17, 15) is 8.60 Å². The zero-order chi connectivity index (χ0) is 16.4. The predicted molar refractivity (Wildman–Crippen MR) is 91.0 cm³/mol. The van der Waals surface area contributed by atoms with Crippen molar-refractivity contribution >= 4 is 22.1 Å². The second kappa shape index (κ2) is 6.72. The first kappa shape index (κ1) is 16.0. The number of hydrogen-bond acceptors (Lipinski definition) is 4. The number of benzene rings is 1. The third-order valence-electron chi connectivity index (χ3n) is 3.53.